The highest BCUT2D eigenvalue weighted by Crippen LogP contribution is 2.45. The Hall–Kier alpha value is -1.94. The molecule has 0 aliphatic heterocycles. The molecule has 0 heterocycles. The summed E-state index contributed by atoms with van der Waals surface area (Å²) in [5, 5.41) is 10.5. The van der Waals surface area contributed by atoms with Crippen molar-refractivity contribution in [1.29, 1.82) is 0 Å². The first kappa shape index (κ1) is 79.1. The zero-order valence-corrected chi connectivity index (χ0v) is 53.9. The number of esters is 4. The Morgan fingerprint density at radius 3 is 0.840 bits per heavy atom. The van der Waals surface area contributed by atoms with E-state index in [9.17, 15) is 43.2 Å². The van der Waals surface area contributed by atoms with Crippen LogP contribution >= 0.6 is 15.6 Å². The molecule has 0 rings (SSSR count). The van der Waals surface area contributed by atoms with E-state index in [1.54, 1.807) is 0 Å². The second kappa shape index (κ2) is 54.7. The summed E-state index contributed by atoms with van der Waals surface area (Å²) in [6, 6.07) is 0. The fraction of sp³-hybridized carbons (Fsp3) is 0.935. The summed E-state index contributed by atoms with van der Waals surface area (Å²) in [5.41, 5.74) is 0. The molecule has 0 aromatic heterocycles. The van der Waals surface area contributed by atoms with Crippen molar-refractivity contribution in [2.45, 2.75) is 323 Å². The minimum atomic E-state index is -4.94. The average Bonchev–Trinajstić information content (AvgIpc) is 3.43. The number of aliphatic hydroxyl groups is 1. The van der Waals surface area contributed by atoms with Crippen LogP contribution in [-0.4, -0.2) is 96.7 Å². The third-order valence-electron chi connectivity index (χ3n) is 14.2. The highest BCUT2D eigenvalue weighted by Gasteiger charge is 2.30. The molecule has 0 amide bonds. The van der Waals surface area contributed by atoms with E-state index in [1.165, 1.54) is 96.3 Å². The number of unbranched alkanes of at least 4 members (excludes halogenated alkanes) is 31. The first-order valence-corrected chi connectivity index (χ1v) is 35.5. The van der Waals surface area contributed by atoms with Gasteiger partial charge in [-0.1, -0.05) is 253 Å². The molecule has 81 heavy (non-hydrogen) atoms. The third kappa shape index (κ3) is 56.9. The van der Waals surface area contributed by atoms with Crippen LogP contribution in [0.3, 0.4) is 0 Å². The van der Waals surface area contributed by atoms with Gasteiger partial charge in [-0.15, -0.1) is 0 Å². The van der Waals surface area contributed by atoms with E-state index in [4.69, 9.17) is 37.0 Å². The van der Waals surface area contributed by atoms with Gasteiger partial charge in [0, 0.05) is 25.7 Å². The zero-order valence-electron chi connectivity index (χ0n) is 52.1. The van der Waals surface area contributed by atoms with Crippen LogP contribution in [0.2, 0.25) is 0 Å². The van der Waals surface area contributed by atoms with Gasteiger partial charge in [0.15, 0.2) is 12.2 Å². The molecule has 0 saturated carbocycles. The van der Waals surface area contributed by atoms with Crippen molar-refractivity contribution < 1.29 is 80.2 Å². The van der Waals surface area contributed by atoms with Gasteiger partial charge >= 0.3 is 39.5 Å². The molecule has 0 aliphatic rings. The van der Waals surface area contributed by atoms with Gasteiger partial charge < -0.3 is 33.8 Å². The fourth-order valence-corrected chi connectivity index (χ4v) is 10.8. The molecular formula is C62H120O17P2. The molecule has 19 heteroatoms. The number of aliphatic hydroxyl groups excluding tert-OH is 1. The number of carbonyl (C=O) groups is 4. The number of hydrogen-bond acceptors (Lipinski definition) is 15. The molecular weight excluding hydrogens is 1080 g/mol. The van der Waals surface area contributed by atoms with E-state index in [1.807, 2.05) is 0 Å². The summed E-state index contributed by atoms with van der Waals surface area (Å²) in [6.45, 7) is 9.32. The van der Waals surface area contributed by atoms with E-state index in [0.29, 0.717) is 31.6 Å². The van der Waals surface area contributed by atoms with Crippen molar-refractivity contribution in [2.24, 2.45) is 11.8 Å². The summed E-state index contributed by atoms with van der Waals surface area (Å²) >= 11 is 0. The lowest BCUT2D eigenvalue weighted by molar-refractivity contribution is -0.161. The molecule has 17 nitrogen and oxygen atoms in total. The van der Waals surface area contributed by atoms with Gasteiger partial charge in [0.05, 0.1) is 26.4 Å². The van der Waals surface area contributed by atoms with Crippen LogP contribution in [0.1, 0.15) is 305 Å². The molecule has 0 aliphatic carbocycles. The van der Waals surface area contributed by atoms with Crippen molar-refractivity contribution >= 4 is 39.5 Å². The lowest BCUT2D eigenvalue weighted by Crippen LogP contribution is -2.30. The Morgan fingerprint density at radius 2 is 0.568 bits per heavy atom. The van der Waals surface area contributed by atoms with E-state index in [-0.39, 0.29) is 25.7 Å². The zero-order chi connectivity index (χ0) is 60.1. The van der Waals surface area contributed by atoms with Crippen LogP contribution in [0, 0.1) is 11.8 Å². The van der Waals surface area contributed by atoms with Crippen LogP contribution in [0.25, 0.3) is 0 Å². The van der Waals surface area contributed by atoms with Crippen molar-refractivity contribution in [3.8, 4) is 0 Å². The van der Waals surface area contributed by atoms with Gasteiger partial charge in [-0.3, -0.25) is 37.3 Å². The Labute approximate surface area is 492 Å². The number of ether oxygens (including phenoxy) is 4. The van der Waals surface area contributed by atoms with Gasteiger partial charge in [-0.05, 0) is 37.5 Å². The summed E-state index contributed by atoms with van der Waals surface area (Å²) in [5.74, 6) is -0.639. The highest BCUT2D eigenvalue weighted by molar-refractivity contribution is 7.47. The summed E-state index contributed by atoms with van der Waals surface area (Å²) in [7, 11) is -9.87. The second-order valence-electron chi connectivity index (χ2n) is 23.4. The Balaban J connectivity index is 5.09. The quantitative estimate of drug-likeness (QED) is 0.0222. The molecule has 0 saturated heterocycles. The Morgan fingerprint density at radius 1 is 0.333 bits per heavy atom. The lowest BCUT2D eigenvalue weighted by Gasteiger charge is -2.21. The predicted octanol–water partition coefficient (Wildman–Crippen LogP) is 16.9. The lowest BCUT2D eigenvalue weighted by atomic mass is 10.0. The SMILES string of the molecule is CCCCCCCCCC(=O)O[C@H](COC(=O)CCCCCCC)COP(=O)(O)OC[C@H](O)COP(=O)(O)OC[C@@H](COC(=O)CCCCCCCCCC(C)C)OC(=O)CCCCCCCCCCCCCCCCCCC(C)C. The number of hydrogen-bond donors (Lipinski definition) is 3. The standard InChI is InChI=1S/C62H120O17P2/c1-7-9-11-13-25-34-40-46-61(66)78-57(50-72-59(64)44-38-30-12-10-8-2)52-76-80(68,69)74-48-56(63)49-75-81(70,71)77-53-58(51-73-60(65)45-39-33-29-24-27-32-37-43-55(5)6)79-62(67)47-41-35-28-23-21-19-17-15-14-16-18-20-22-26-31-36-42-54(3)4/h54-58,63H,7-53H2,1-6H3,(H,68,69)(H,70,71)/t56-,57+,58+/m0/s1. The molecule has 0 aromatic carbocycles. The van der Waals surface area contributed by atoms with Gasteiger partial charge in [0.2, 0.25) is 0 Å². The molecule has 5 atom stereocenters. The molecule has 0 bridgehead atoms. The minimum Gasteiger partial charge on any atom is -0.462 e. The third-order valence-corrected chi connectivity index (χ3v) is 16.1. The van der Waals surface area contributed by atoms with Crippen LogP contribution < -0.4 is 0 Å². The number of phosphoric acid groups is 2. The Kier molecular flexibility index (Phi) is 53.4. The molecule has 480 valence electrons. The van der Waals surface area contributed by atoms with E-state index < -0.39 is 97.5 Å². The summed E-state index contributed by atoms with van der Waals surface area (Å²) in [4.78, 5) is 71.7. The van der Waals surface area contributed by atoms with E-state index in [2.05, 4.69) is 41.5 Å². The first-order chi connectivity index (χ1) is 38.9. The predicted molar refractivity (Wildman–Crippen MR) is 321 cm³/mol. The molecule has 2 unspecified atom stereocenters. The van der Waals surface area contributed by atoms with Crippen molar-refractivity contribution in [1.82, 2.24) is 0 Å². The number of phosphoric ester groups is 2. The molecule has 3 N–H and O–H groups in total. The topological polar surface area (TPSA) is 237 Å². The maximum atomic E-state index is 13.0. The van der Waals surface area contributed by atoms with Crippen molar-refractivity contribution in [2.75, 3.05) is 39.6 Å². The Bertz CT molecular complexity index is 1600. The number of carbonyl (C=O) groups excluding carboxylic acids is 4. The second-order valence-corrected chi connectivity index (χ2v) is 26.3. The average molecular weight is 1200 g/mol. The maximum Gasteiger partial charge on any atom is 0.472 e. The monoisotopic (exact) mass is 1200 g/mol. The normalized spacial score (nSPS) is 14.4. The fourth-order valence-electron chi connectivity index (χ4n) is 9.18. The summed E-state index contributed by atoms with van der Waals surface area (Å²) in [6.07, 6.45) is 36.9. The molecule has 0 spiro atoms. The smallest absolute Gasteiger partial charge is 0.462 e. The highest BCUT2D eigenvalue weighted by atomic mass is 31.2. The van der Waals surface area contributed by atoms with Gasteiger partial charge in [0.1, 0.15) is 19.3 Å². The van der Waals surface area contributed by atoms with Crippen LogP contribution in [-0.2, 0) is 65.4 Å². The van der Waals surface area contributed by atoms with Crippen LogP contribution in [0.5, 0.6) is 0 Å². The maximum absolute atomic E-state index is 13.0. The van der Waals surface area contributed by atoms with Crippen LogP contribution in [0.15, 0.2) is 0 Å². The van der Waals surface area contributed by atoms with Gasteiger partial charge in [-0.2, -0.15) is 0 Å². The van der Waals surface area contributed by atoms with Gasteiger partial charge in [-0.25, -0.2) is 9.13 Å². The molecule has 0 aromatic rings. The largest absolute Gasteiger partial charge is 0.472 e. The van der Waals surface area contributed by atoms with E-state index >= 15 is 0 Å². The molecule has 0 radical (unpaired) electrons. The van der Waals surface area contributed by atoms with Gasteiger partial charge in [0.25, 0.3) is 0 Å². The molecule has 0 fully saturated rings. The minimum absolute atomic E-state index is 0.103. The van der Waals surface area contributed by atoms with Crippen molar-refractivity contribution in [3.05, 3.63) is 0 Å². The van der Waals surface area contributed by atoms with E-state index in [0.717, 1.165) is 121 Å². The van der Waals surface area contributed by atoms with Crippen LogP contribution in [0.4, 0.5) is 0 Å². The summed E-state index contributed by atoms with van der Waals surface area (Å²) < 4.78 is 67.6. The van der Waals surface area contributed by atoms with Crippen molar-refractivity contribution in [3.63, 3.8) is 0 Å². The first-order valence-electron chi connectivity index (χ1n) is 32.5. The number of rotatable bonds is 61.